The molecule has 0 bridgehead atoms. The predicted octanol–water partition coefficient (Wildman–Crippen LogP) is 2.84. The lowest BCUT2D eigenvalue weighted by Gasteiger charge is -2.36. The van der Waals surface area contributed by atoms with E-state index in [0.29, 0.717) is 31.7 Å². The minimum atomic E-state index is -0.421. The van der Waals surface area contributed by atoms with E-state index in [9.17, 15) is 9.18 Å². The number of hydrogen-bond acceptors (Lipinski definition) is 3. The van der Waals surface area contributed by atoms with E-state index in [1.807, 2.05) is 0 Å². The number of carbonyl (C=O) groups is 1. The van der Waals surface area contributed by atoms with Crippen molar-refractivity contribution in [2.24, 2.45) is 0 Å². The molecule has 0 aliphatic carbocycles. The molecule has 1 aromatic heterocycles. The summed E-state index contributed by atoms with van der Waals surface area (Å²) >= 11 is 5.82. The summed E-state index contributed by atoms with van der Waals surface area (Å²) in [6, 6.07) is 8.21. The Balaban J connectivity index is 1.65. The first kappa shape index (κ1) is 14.8. The van der Waals surface area contributed by atoms with Crippen molar-refractivity contribution in [1.82, 2.24) is 9.88 Å². The summed E-state index contributed by atoms with van der Waals surface area (Å²) < 4.78 is 13.2. The van der Waals surface area contributed by atoms with Gasteiger partial charge in [-0.2, -0.15) is 0 Å². The van der Waals surface area contributed by atoms with Gasteiger partial charge in [0.1, 0.15) is 5.82 Å². The molecule has 0 radical (unpaired) electrons. The Kier molecular flexibility index (Phi) is 4.24. The van der Waals surface area contributed by atoms with E-state index < -0.39 is 5.82 Å². The number of hydrogen-bond donors (Lipinski definition) is 0. The van der Waals surface area contributed by atoms with Crippen molar-refractivity contribution in [2.45, 2.75) is 0 Å². The summed E-state index contributed by atoms with van der Waals surface area (Å²) in [4.78, 5) is 20.2. The lowest BCUT2D eigenvalue weighted by Crippen LogP contribution is -2.48. The number of anilines is 1. The van der Waals surface area contributed by atoms with Crippen molar-refractivity contribution >= 4 is 23.2 Å². The van der Waals surface area contributed by atoms with Crippen molar-refractivity contribution in [3.8, 4) is 0 Å². The predicted molar refractivity (Wildman–Crippen MR) is 83.8 cm³/mol. The highest BCUT2D eigenvalue weighted by Crippen LogP contribution is 2.23. The quantitative estimate of drug-likeness (QED) is 0.854. The zero-order chi connectivity index (χ0) is 15.5. The van der Waals surface area contributed by atoms with Crippen molar-refractivity contribution in [3.63, 3.8) is 0 Å². The van der Waals surface area contributed by atoms with Crippen LogP contribution >= 0.6 is 11.6 Å². The van der Waals surface area contributed by atoms with E-state index in [1.54, 1.807) is 41.6 Å². The topological polar surface area (TPSA) is 36.4 Å². The van der Waals surface area contributed by atoms with Gasteiger partial charge in [-0.05, 0) is 30.3 Å². The number of amides is 1. The molecule has 4 nitrogen and oxygen atoms in total. The van der Waals surface area contributed by atoms with Crippen LogP contribution in [0, 0.1) is 5.82 Å². The molecule has 0 N–H and O–H groups in total. The SMILES string of the molecule is O=C(c1cccnc1)N1CCN(c2ccc(F)c(Cl)c2)CC1. The van der Waals surface area contributed by atoms with Crippen LogP contribution in [-0.2, 0) is 0 Å². The second kappa shape index (κ2) is 6.32. The Hall–Kier alpha value is -2.14. The lowest BCUT2D eigenvalue weighted by atomic mass is 10.2. The van der Waals surface area contributed by atoms with E-state index in [1.165, 1.54) is 6.07 Å². The van der Waals surface area contributed by atoms with Crippen LogP contribution < -0.4 is 4.90 Å². The smallest absolute Gasteiger partial charge is 0.255 e. The molecule has 114 valence electrons. The van der Waals surface area contributed by atoms with E-state index in [4.69, 9.17) is 11.6 Å². The van der Waals surface area contributed by atoms with Gasteiger partial charge < -0.3 is 9.80 Å². The maximum atomic E-state index is 13.2. The monoisotopic (exact) mass is 319 g/mol. The van der Waals surface area contributed by atoms with Gasteiger partial charge in [0.05, 0.1) is 10.6 Å². The molecular formula is C16H15ClFN3O. The number of rotatable bonds is 2. The first-order chi connectivity index (χ1) is 10.6. The molecule has 3 rings (SSSR count). The molecule has 1 aromatic carbocycles. The van der Waals surface area contributed by atoms with Gasteiger partial charge in [0.2, 0.25) is 0 Å². The van der Waals surface area contributed by atoms with Gasteiger partial charge in [-0.3, -0.25) is 9.78 Å². The van der Waals surface area contributed by atoms with E-state index in [-0.39, 0.29) is 10.9 Å². The zero-order valence-electron chi connectivity index (χ0n) is 11.9. The number of aromatic nitrogens is 1. The molecule has 0 unspecified atom stereocenters. The Morgan fingerprint density at radius 3 is 2.59 bits per heavy atom. The molecule has 0 saturated carbocycles. The molecule has 1 amide bonds. The molecule has 0 atom stereocenters. The summed E-state index contributed by atoms with van der Waals surface area (Å²) in [5.41, 5.74) is 1.47. The van der Waals surface area contributed by atoms with Crippen molar-refractivity contribution < 1.29 is 9.18 Å². The number of halogens is 2. The zero-order valence-corrected chi connectivity index (χ0v) is 12.6. The van der Waals surface area contributed by atoms with Crippen LogP contribution in [0.25, 0.3) is 0 Å². The third-order valence-corrected chi connectivity index (χ3v) is 4.03. The molecule has 1 fully saturated rings. The molecular weight excluding hydrogens is 305 g/mol. The minimum Gasteiger partial charge on any atom is -0.368 e. The number of piperazine rings is 1. The van der Waals surface area contributed by atoms with Crippen LogP contribution in [0.15, 0.2) is 42.7 Å². The van der Waals surface area contributed by atoms with Crippen molar-refractivity contribution in [3.05, 3.63) is 59.1 Å². The van der Waals surface area contributed by atoms with Gasteiger partial charge in [-0.1, -0.05) is 11.6 Å². The summed E-state index contributed by atoms with van der Waals surface area (Å²) in [5.74, 6) is -0.430. The second-order valence-electron chi connectivity index (χ2n) is 5.12. The average molecular weight is 320 g/mol. The average Bonchev–Trinajstić information content (AvgIpc) is 2.58. The fraction of sp³-hybridized carbons (Fsp3) is 0.250. The van der Waals surface area contributed by atoms with Crippen LogP contribution in [0.5, 0.6) is 0 Å². The standard InChI is InChI=1S/C16H15ClFN3O/c17-14-10-13(3-4-15(14)18)20-6-8-21(9-7-20)16(22)12-2-1-5-19-11-12/h1-5,10-11H,6-9H2. The highest BCUT2D eigenvalue weighted by atomic mass is 35.5. The van der Waals surface area contributed by atoms with Crippen molar-refractivity contribution in [2.75, 3.05) is 31.1 Å². The van der Waals surface area contributed by atoms with Gasteiger partial charge >= 0.3 is 0 Å². The third kappa shape index (κ3) is 3.04. The Morgan fingerprint density at radius 1 is 1.18 bits per heavy atom. The molecule has 2 aromatic rings. The molecule has 2 heterocycles. The number of nitrogens with zero attached hydrogens (tertiary/aromatic N) is 3. The highest BCUT2D eigenvalue weighted by molar-refractivity contribution is 6.31. The normalized spacial score (nSPS) is 15.0. The fourth-order valence-electron chi connectivity index (χ4n) is 2.52. The molecule has 6 heteroatoms. The van der Waals surface area contributed by atoms with Crippen LogP contribution in [0.2, 0.25) is 5.02 Å². The van der Waals surface area contributed by atoms with Crippen molar-refractivity contribution in [1.29, 1.82) is 0 Å². The maximum absolute atomic E-state index is 13.2. The number of carbonyl (C=O) groups excluding carboxylic acids is 1. The first-order valence-electron chi connectivity index (χ1n) is 7.04. The third-order valence-electron chi connectivity index (χ3n) is 3.74. The van der Waals surface area contributed by atoms with Crippen LogP contribution in [0.3, 0.4) is 0 Å². The van der Waals surface area contributed by atoms with E-state index in [0.717, 1.165) is 5.69 Å². The van der Waals surface area contributed by atoms with E-state index >= 15 is 0 Å². The molecule has 1 saturated heterocycles. The van der Waals surface area contributed by atoms with Crippen LogP contribution in [0.1, 0.15) is 10.4 Å². The van der Waals surface area contributed by atoms with E-state index in [2.05, 4.69) is 9.88 Å². The summed E-state index contributed by atoms with van der Waals surface area (Å²) in [7, 11) is 0. The molecule has 1 aliphatic heterocycles. The minimum absolute atomic E-state index is 0.00936. The number of benzene rings is 1. The van der Waals surface area contributed by atoms with Crippen LogP contribution in [-0.4, -0.2) is 42.0 Å². The Morgan fingerprint density at radius 2 is 1.95 bits per heavy atom. The fourth-order valence-corrected chi connectivity index (χ4v) is 2.70. The van der Waals surface area contributed by atoms with Gasteiger partial charge in [0.25, 0.3) is 5.91 Å². The molecule has 1 aliphatic rings. The second-order valence-corrected chi connectivity index (χ2v) is 5.53. The summed E-state index contributed by atoms with van der Waals surface area (Å²) in [6.45, 7) is 2.60. The van der Waals surface area contributed by atoms with Gasteiger partial charge in [-0.25, -0.2) is 4.39 Å². The largest absolute Gasteiger partial charge is 0.368 e. The van der Waals surface area contributed by atoms with Gasteiger partial charge in [-0.15, -0.1) is 0 Å². The Bertz CT molecular complexity index is 672. The highest BCUT2D eigenvalue weighted by Gasteiger charge is 2.22. The maximum Gasteiger partial charge on any atom is 0.255 e. The molecule has 0 spiro atoms. The van der Waals surface area contributed by atoms with Gasteiger partial charge in [0, 0.05) is 44.3 Å². The first-order valence-corrected chi connectivity index (χ1v) is 7.42. The summed E-state index contributed by atoms with van der Waals surface area (Å²) in [5, 5.41) is 0.117. The van der Waals surface area contributed by atoms with Gasteiger partial charge in [0.15, 0.2) is 0 Å². The van der Waals surface area contributed by atoms with Crippen LogP contribution in [0.4, 0.5) is 10.1 Å². The lowest BCUT2D eigenvalue weighted by molar-refractivity contribution is 0.0746. The molecule has 22 heavy (non-hydrogen) atoms. The Labute approximate surface area is 133 Å². The number of pyridine rings is 1. The summed E-state index contributed by atoms with van der Waals surface area (Å²) in [6.07, 6.45) is 3.22.